The van der Waals surface area contributed by atoms with Gasteiger partial charge in [-0.15, -0.1) is 0 Å². The summed E-state index contributed by atoms with van der Waals surface area (Å²) >= 11 is 0. The molecule has 1 N–H and O–H groups in total. The number of carbonyl (C=O) groups excluding carboxylic acids is 1. The smallest absolute Gasteiger partial charge is 0.433 e. The molecule has 0 radical (unpaired) electrons. The van der Waals surface area contributed by atoms with Gasteiger partial charge in [0, 0.05) is 5.56 Å². The zero-order valence-electron chi connectivity index (χ0n) is 18.6. The van der Waals surface area contributed by atoms with Crippen molar-refractivity contribution < 1.29 is 33.2 Å². The topological polar surface area (TPSA) is 110 Å². The molecule has 2 aromatic carbocycles. The molecule has 3 aromatic rings. The summed E-state index contributed by atoms with van der Waals surface area (Å²) in [5.41, 5.74) is 0.897. The first-order valence-electron chi connectivity index (χ1n) is 9.40. The van der Waals surface area contributed by atoms with Crippen LogP contribution in [-0.2, 0) is 4.74 Å². The Labute approximate surface area is 184 Å². The lowest BCUT2D eigenvalue weighted by molar-refractivity contribution is 0.169. The lowest BCUT2D eigenvalue weighted by atomic mass is 10.00. The number of aromatic amines is 1. The van der Waals surface area contributed by atoms with E-state index < -0.39 is 11.7 Å². The summed E-state index contributed by atoms with van der Waals surface area (Å²) in [6.07, 6.45) is -0.780. The van der Waals surface area contributed by atoms with Crippen LogP contribution in [0.2, 0.25) is 0 Å². The van der Waals surface area contributed by atoms with E-state index in [1.54, 1.807) is 30.3 Å². The van der Waals surface area contributed by atoms with Crippen LogP contribution in [0, 0.1) is 0 Å². The SMILES string of the molecule is COC(=O)n1[nH]c(=O)c(-c2ccc(OC)c(OC)c2)c1-c1cc(OC)c(OC)c(OC)c1. The number of carbonyl (C=O) groups is 1. The molecule has 0 aliphatic carbocycles. The fourth-order valence-corrected chi connectivity index (χ4v) is 3.41. The normalized spacial score (nSPS) is 10.4. The zero-order valence-corrected chi connectivity index (χ0v) is 18.6. The van der Waals surface area contributed by atoms with E-state index in [2.05, 4.69) is 5.10 Å². The van der Waals surface area contributed by atoms with Crippen LogP contribution in [-0.4, -0.2) is 58.5 Å². The standard InChI is InChI=1S/C22H24N2O8/c1-27-14-8-7-12(9-15(14)28-2)18-19(24(22(26)32-6)23-21(18)25)13-10-16(29-3)20(31-5)17(11-13)30-4/h7-11H,1-6H3,(H,23,25). The number of hydrogen-bond acceptors (Lipinski definition) is 8. The predicted octanol–water partition coefficient (Wildman–Crippen LogP) is 3.17. The first-order valence-corrected chi connectivity index (χ1v) is 9.40. The Bertz CT molecular complexity index is 1170. The molecule has 3 rings (SSSR count). The molecule has 0 saturated heterocycles. The summed E-state index contributed by atoms with van der Waals surface area (Å²) in [6.45, 7) is 0. The van der Waals surface area contributed by atoms with Crippen molar-refractivity contribution in [2.24, 2.45) is 0 Å². The Hall–Kier alpha value is -4.08. The first kappa shape index (κ1) is 22.6. The van der Waals surface area contributed by atoms with Crippen LogP contribution in [0.25, 0.3) is 22.4 Å². The second-order valence-corrected chi connectivity index (χ2v) is 6.45. The zero-order chi connectivity index (χ0) is 23.4. The molecule has 32 heavy (non-hydrogen) atoms. The monoisotopic (exact) mass is 444 g/mol. The van der Waals surface area contributed by atoms with Crippen LogP contribution in [0.4, 0.5) is 4.79 Å². The summed E-state index contributed by atoms with van der Waals surface area (Å²) < 4.78 is 32.8. The van der Waals surface area contributed by atoms with Crippen LogP contribution in [0.15, 0.2) is 35.1 Å². The molecule has 0 atom stereocenters. The third-order valence-electron chi connectivity index (χ3n) is 4.87. The largest absolute Gasteiger partial charge is 0.493 e. The van der Waals surface area contributed by atoms with Crippen molar-refractivity contribution in [2.75, 3.05) is 42.7 Å². The van der Waals surface area contributed by atoms with Gasteiger partial charge in [0.05, 0.1) is 53.9 Å². The van der Waals surface area contributed by atoms with E-state index in [0.29, 0.717) is 39.9 Å². The van der Waals surface area contributed by atoms with Crippen LogP contribution in [0.1, 0.15) is 0 Å². The molecule has 0 saturated carbocycles. The summed E-state index contributed by atoms with van der Waals surface area (Å²) in [7, 11) is 8.65. The highest BCUT2D eigenvalue weighted by Crippen LogP contribution is 2.43. The van der Waals surface area contributed by atoms with Gasteiger partial charge in [-0.25, -0.2) is 4.79 Å². The van der Waals surface area contributed by atoms with Crippen molar-refractivity contribution in [1.82, 2.24) is 9.78 Å². The van der Waals surface area contributed by atoms with Crippen molar-refractivity contribution in [3.63, 3.8) is 0 Å². The van der Waals surface area contributed by atoms with Gasteiger partial charge in [-0.3, -0.25) is 9.89 Å². The Morgan fingerprint density at radius 3 is 1.81 bits per heavy atom. The van der Waals surface area contributed by atoms with Gasteiger partial charge < -0.3 is 28.4 Å². The average molecular weight is 444 g/mol. The van der Waals surface area contributed by atoms with Crippen molar-refractivity contribution in [2.45, 2.75) is 0 Å². The minimum atomic E-state index is -0.780. The maximum atomic E-state index is 13.0. The minimum absolute atomic E-state index is 0.214. The second-order valence-electron chi connectivity index (χ2n) is 6.45. The highest BCUT2D eigenvalue weighted by Gasteiger charge is 2.26. The van der Waals surface area contributed by atoms with Gasteiger partial charge in [-0.05, 0) is 29.8 Å². The molecular formula is C22H24N2O8. The molecule has 0 amide bonds. The molecule has 10 nitrogen and oxygen atoms in total. The number of hydrogen-bond donors (Lipinski definition) is 1. The summed E-state index contributed by atoms with van der Waals surface area (Å²) in [4.78, 5) is 25.5. The maximum Gasteiger partial charge on any atom is 0.433 e. The van der Waals surface area contributed by atoms with Crippen LogP contribution in [0.3, 0.4) is 0 Å². The molecule has 0 spiro atoms. The van der Waals surface area contributed by atoms with E-state index in [1.807, 2.05) is 0 Å². The molecule has 0 aliphatic heterocycles. The molecule has 170 valence electrons. The van der Waals surface area contributed by atoms with Crippen LogP contribution < -0.4 is 29.2 Å². The summed E-state index contributed by atoms with van der Waals surface area (Å²) in [5.74, 6) is 1.99. The fraction of sp³-hybridized carbons (Fsp3) is 0.273. The van der Waals surface area contributed by atoms with E-state index in [4.69, 9.17) is 28.4 Å². The Kier molecular flexibility index (Phi) is 6.62. The second kappa shape index (κ2) is 9.38. The highest BCUT2D eigenvalue weighted by molar-refractivity contribution is 5.89. The number of rotatable bonds is 7. The molecule has 0 fully saturated rings. The number of methoxy groups -OCH3 is 6. The molecule has 0 unspecified atom stereocenters. The van der Waals surface area contributed by atoms with Crippen molar-refractivity contribution >= 4 is 6.09 Å². The molecule has 1 heterocycles. The fourth-order valence-electron chi connectivity index (χ4n) is 3.41. The number of ether oxygens (including phenoxy) is 6. The first-order chi connectivity index (χ1) is 15.4. The number of nitrogens with zero attached hydrogens (tertiary/aromatic N) is 1. The quantitative estimate of drug-likeness (QED) is 0.592. The van der Waals surface area contributed by atoms with Gasteiger partial charge in [0.15, 0.2) is 23.0 Å². The Morgan fingerprint density at radius 1 is 0.750 bits per heavy atom. The molecule has 0 bridgehead atoms. The van der Waals surface area contributed by atoms with E-state index in [0.717, 1.165) is 4.68 Å². The highest BCUT2D eigenvalue weighted by atomic mass is 16.5. The number of benzene rings is 2. The molecule has 1 aromatic heterocycles. The number of aromatic nitrogens is 2. The van der Waals surface area contributed by atoms with E-state index in [-0.39, 0.29) is 11.3 Å². The van der Waals surface area contributed by atoms with Gasteiger partial charge in [-0.2, -0.15) is 4.68 Å². The van der Waals surface area contributed by atoms with E-state index >= 15 is 0 Å². The predicted molar refractivity (Wildman–Crippen MR) is 116 cm³/mol. The van der Waals surface area contributed by atoms with Gasteiger partial charge in [-0.1, -0.05) is 6.07 Å². The van der Waals surface area contributed by atoms with Crippen molar-refractivity contribution in [3.05, 3.63) is 40.7 Å². The Morgan fingerprint density at radius 2 is 1.31 bits per heavy atom. The third kappa shape index (κ3) is 3.82. The van der Waals surface area contributed by atoms with Gasteiger partial charge in [0.25, 0.3) is 5.56 Å². The van der Waals surface area contributed by atoms with Crippen molar-refractivity contribution in [3.8, 4) is 51.1 Å². The number of H-pyrrole nitrogens is 1. The maximum absolute atomic E-state index is 13.0. The summed E-state index contributed by atoms with van der Waals surface area (Å²) in [6, 6.07) is 8.27. The van der Waals surface area contributed by atoms with E-state index in [1.165, 1.54) is 42.7 Å². The summed E-state index contributed by atoms with van der Waals surface area (Å²) in [5, 5.41) is 2.53. The Balaban J connectivity index is 2.38. The van der Waals surface area contributed by atoms with Gasteiger partial charge >= 0.3 is 6.09 Å². The van der Waals surface area contributed by atoms with E-state index in [9.17, 15) is 9.59 Å². The van der Waals surface area contributed by atoms with Gasteiger partial charge in [0.2, 0.25) is 5.75 Å². The molecular weight excluding hydrogens is 420 g/mol. The minimum Gasteiger partial charge on any atom is -0.493 e. The van der Waals surface area contributed by atoms with Crippen LogP contribution >= 0.6 is 0 Å². The number of nitrogens with one attached hydrogen (secondary N) is 1. The lowest BCUT2D eigenvalue weighted by Gasteiger charge is -2.16. The lowest BCUT2D eigenvalue weighted by Crippen LogP contribution is -2.16. The van der Waals surface area contributed by atoms with Crippen LogP contribution in [0.5, 0.6) is 28.7 Å². The van der Waals surface area contributed by atoms with Gasteiger partial charge in [0.1, 0.15) is 0 Å². The molecule has 10 heteroatoms. The molecule has 0 aliphatic rings. The third-order valence-corrected chi connectivity index (χ3v) is 4.87. The van der Waals surface area contributed by atoms with Crippen molar-refractivity contribution in [1.29, 1.82) is 0 Å². The average Bonchev–Trinajstić information content (AvgIpc) is 3.18.